The first-order valence-corrected chi connectivity index (χ1v) is 8.28. The quantitative estimate of drug-likeness (QED) is 0.234. The molecule has 0 saturated heterocycles. The molecule has 3 rings (SSSR count). The van der Waals surface area contributed by atoms with Crippen LogP contribution in [0, 0.1) is 5.82 Å². The van der Waals surface area contributed by atoms with Crippen LogP contribution in [0.3, 0.4) is 0 Å². The predicted molar refractivity (Wildman–Crippen MR) is 104 cm³/mol. The average molecular weight is 377 g/mol. The first-order chi connectivity index (χ1) is 13.5. The van der Waals surface area contributed by atoms with Gasteiger partial charge in [0.05, 0.1) is 17.3 Å². The van der Waals surface area contributed by atoms with Gasteiger partial charge in [0.15, 0.2) is 0 Å². The smallest absolute Gasteiger partial charge is 0.343 e. The summed E-state index contributed by atoms with van der Waals surface area (Å²) < 4.78 is 18.1. The number of nitrogens with one attached hydrogen (secondary N) is 1. The molecule has 0 radical (unpaired) electrons. The summed E-state index contributed by atoms with van der Waals surface area (Å²) in [4.78, 5) is 24.0. The number of nitrogens with zero attached hydrogens (tertiary/aromatic N) is 1. The van der Waals surface area contributed by atoms with E-state index in [0.717, 1.165) is 0 Å². The Morgan fingerprint density at radius 3 is 2.32 bits per heavy atom. The number of hydrogen-bond acceptors (Lipinski definition) is 5. The average Bonchev–Trinajstić information content (AvgIpc) is 2.70. The molecule has 0 aromatic heterocycles. The lowest BCUT2D eigenvalue weighted by molar-refractivity contribution is 0.0734. The van der Waals surface area contributed by atoms with Crippen molar-refractivity contribution in [3.63, 3.8) is 0 Å². The lowest BCUT2D eigenvalue weighted by atomic mass is 10.2. The van der Waals surface area contributed by atoms with Gasteiger partial charge in [-0.3, -0.25) is 4.79 Å². The van der Waals surface area contributed by atoms with Gasteiger partial charge in [0.2, 0.25) is 0 Å². The topological polar surface area (TPSA) is 93.8 Å². The molecule has 0 unspecified atom stereocenters. The summed E-state index contributed by atoms with van der Waals surface area (Å²) in [6, 6.07) is 18.2. The van der Waals surface area contributed by atoms with E-state index >= 15 is 0 Å². The van der Waals surface area contributed by atoms with Gasteiger partial charge in [-0.25, -0.2) is 14.6 Å². The molecule has 0 bridgehead atoms. The van der Waals surface area contributed by atoms with Gasteiger partial charge in [-0.05, 0) is 66.2 Å². The maximum Gasteiger partial charge on any atom is 0.343 e. The molecule has 0 atom stereocenters. The SMILES string of the molecule is Nc1ccccc1C(=O)N/N=C/c1ccc(OC(=O)c2ccc(F)cc2)cc1. The fourth-order valence-electron chi connectivity index (χ4n) is 2.30. The van der Waals surface area contributed by atoms with E-state index in [0.29, 0.717) is 22.6 Å². The lowest BCUT2D eigenvalue weighted by Crippen LogP contribution is -2.18. The van der Waals surface area contributed by atoms with Gasteiger partial charge < -0.3 is 10.5 Å². The molecule has 3 aromatic carbocycles. The molecule has 28 heavy (non-hydrogen) atoms. The first-order valence-electron chi connectivity index (χ1n) is 8.28. The Kier molecular flexibility index (Phi) is 5.76. The van der Waals surface area contributed by atoms with Crippen molar-refractivity contribution in [1.82, 2.24) is 5.43 Å². The number of carbonyl (C=O) groups is 2. The fourth-order valence-corrected chi connectivity index (χ4v) is 2.30. The molecule has 0 spiro atoms. The third-order valence-corrected chi connectivity index (χ3v) is 3.76. The summed E-state index contributed by atoms with van der Waals surface area (Å²) in [6.07, 6.45) is 1.45. The number of ether oxygens (including phenoxy) is 1. The van der Waals surface area contributed by atoms with Crippen molar-refractivity contribution in [2.75, 3.05) is 5.73 Å². The number of hydrazone groups is 1. The molecular weight excluding hydrogens is 361 g/mol. The highest BCUT2D eigenvalue weighted by Gasteiger charge is 2.09. The number of amides is 1. The molecule has 140 valence electrons. The summed E-state index contributed by atoms with van der Waals surface area (Å²) in [6.45, 7) is 0. The first kappa shape index (κ1) is 18.8. The van der Waals surface area contributed by atoms with Crippen LogP contribution in [-0.2, 0) is 0 Å². The maximum atomic E-state index is 12.9. The number of esters is 1. The third kappa shape index (κ3) is 4.79. The van der Waals surface area contributed by atoms with Crippen molar-refractivity contribution in [3.8, 4) is 5.75 Å². The van der Waals surface area contributed by atoms with Crippen LogP contribution in [0.15, 0.2) is 77.9 Å². The molecule has 1 amide bonds. The van der Waals surface area contributed by atoms with Crippen LogP contribution in [0.25, 0.3) is 0 Å². The van der Waals surface area contributed by atoms with E-state index in [1.54, 1.807) is 48.5 Å². The number of anilines is 1. The Labute approximate surface area is 160 Å². The lowest BCUT2D eigenvalue weighted by Gasteiger charge is -2.05. The second kappa shape index (κ2) is 8.59. The van der Waals surface area contributed by atoms with Gasteiger partial charge in [0.25, 0.3) is 5.91 Å². The Balaban J connectivity index is 1.57. The Morgan fingerprint density at radius 1 is 0.964 bits per heavy atom. The van der Waals surface area contributed by atoms with Crippen molar-refractivity contribution in [1.29, 1.82) is 0 Å². The minimum atomic E-state index is -0.589. The van der Waals surface area contributed by atoms with Crippen molar-refractivity contribution in [3.05, 3.63) is 95.3 Å². The van der Waals surface area contributed by atoms with Crippen molar-refractivity contribution in [2.45, 2.75) is 0 Å². The van der Waals surface area contributed by atoms with Gasteiger partial charge in [0.1, 0.15) is 11.6 Å². The minimum absolute atomic E-state index is 0.245. The predicted octanol–water partition coefficient (Wildman–Crippen LogP) is 3.39. The highest BCUT2D eigenvalue weighted by atomic mass is 19.1. The van der Waals surface area contributed by atoms with Crippen LogP contribution < -0.4 is 15.9 Å². The molecule has 6 nitrogen and oxygen atoms in total. The highest BCUT2D eigenvalue weighted by molar-refractivity contribution is 5.99. The number of hydrogen-bond donors (Lipinski definition) is 2. The van der Waals surface area contributed by atoms with Crippen molar-refractivity contribution in [2.24, 2.45) is 5.10 Å². The van der Waals surface area contributed by atoms with Crippen LogP contribution in [0.1, 0.15) is 26.3 Å². The second-order valence-corrected chi connectivity index (χ2v) is 5.75. The Morgan fingerprint density at radius 2 is 1.64 bits per heavy atom. The van der Waals surface area contributed by atoms with Gasteiger partial charge in [-0.15, -0.1) is 0 Å². The van der Waals surface area contributed by atoms with E-state index in [2.05, 4.69) is 10.5 Å². The van der Waals surface area contributed by atoms with E-state index < -0.39 is 17.7 Å². The molecule has 0 aliphatic carbocycles. The van der Waals surface area contributed by atoms with Crippen LogP contribution >= 0.6 is 0 Å². The summed E-state index contributed by atoms with van der Waals surface area (Å²) in [7, 11) is 0. The van der Waals surface area contributed by atoms with E-state index in [-0.39, 0.29) is 5.56 Å². The largest absolute Gasteiger partial charge is 0.423 e. The number of nitrogens with two attached hydrogens (primary N) is 1. The van der Waals surface area contributed by atoms with Gasteiger partial charge in [-0.2, -0.15) is 5.10 Å². The highest BCUT2D eigenvalue weighted by Crippen LogP contribution is 2.14. The van der Waals surface area contributed by atoms with Gasteiger partial charge in [0, 0.05) is 5.69 Å². The molecule has 0 heterocycles. The van der Waals surface area contributed by atoms with Crippen LogP contribution in [0.4, 0.5) is 10.1 Å². The number of rotatable bonds is 5. The molecule has 3 N–H and O–H groups in total. The number of para-hydroxylation sites is 1. The van der Waals surface area contributed by atoms with Gasteiger partial charge >= 0.3 is 5.97 Å². The summed E-state index contributed by atoms with van der Waals surface area (Å²) in [5.74, 6) is -1.11. The van der Waals surface area contributed by atoms with Crippen LogP contribution in [0.2, 0.25) is 0 Å². The fraction of sp³-hybridized carbons (Fsp3) is 0. The van der Waals surface area contributed by atoms with E-state index in [1.807, 2.05) is 0 Å². The molecular formula is C21H16FN3O3. The maximum absolute atomic E-state index is 12.9. The molecule has 3 aromatic rings. The zero-order valence-electron chi connectivity index (χ0n) is 14.6. The van der Waals surface area contributed by atoms with E-state index in [1.165, 1.54) is 30.5 Å². The molecule has 0 aliphatic heterocycles. The summed E-state index contributed by atoms with van der Waals surface area (Å²) in [5.41, 5.74) is 9.76. The molecule has 0 saturated carbocycles. The van der Waals surface area contributed by atoms with E-state index in [9.17, 15) is 14.0 Å². The summed E-state index contributed by atoms with van der Waals surface area (Å²) in [5, 5.41) is 3.88. The third-order valence-electron chi connectivity index (χ3n) is 3.76. The number of nitrogen functional groups attached to an aromatic ring is 1. The van der Waals surface area contributed by atoms with Gasteiger partial charge in [-0.1, -0.05) is 12.1 Å². The Bertz CT molecular complexity index is 1020. The Hall–Kier alpha value is -4.00. The number of carbonyl (C=O) groups excluding carboxylic acids is 2. The molecule has 0 aliphatic rings. The van der Waals surface area contributed by atoms with Crippen molar-refractivity contribution >= 4 is 23.8 Å². The summed E-state index contributed by atoms with van der Waals surface area (Å²) >= 11 is 0. The standard InChI is InChI=1S/C21H16FN3O3/c22-16-9-7-15(8-10-16)21(27)28-17-11-5-14(6-12-17)13-24-25-20(26)18-3-1-2-4-19(18)23/h1-13H,23H2,(H,25,26)/b24-13+. The zero-order chi connectivity index (χ0) is 19.9. The second-order valence-electron chi connectivity index (χ2n) is 5.75. The minimum Gasteiger partial charge on any atom is -0.423 e. The monoisotopic (exact) mass is 377 g/mol. The zero-order valence-corrected chi connectivity index (χ0v) is 14.6. The van der Waals surface area contributed by atoms with Crippen LogP contribution in [-0.4, -0.2) is 18.1 Å². The molecule has 7 heteroatoms. The normalized spacial score (nSPS) is 10.6. The number of halogens is 1. The van der Waals surface area contributed by atoms with Crippen molar-refractivity contribution < 1.29 is 18.7 Å². The molecule has 0 fully saturated rings. The number of benzene rings is 3. The van der Waals surface area contributed by atoms with Crippen LogP contribution in [0.5, 0.6) is 5.75 Å². The van der Waals surface area contributed by atoms with E-state index in [4.69, 9.17) is 10.5 Å².